The summed E-state index contributed by atoms with van der Waals surface area (Å²) >= 11 is 0. The molecule has 0 fully saturated rings. The number of hydrogen-bond donors (Lipinski definition) is 2. The number of hydrazine groups is 1. The lowest BCUT2D eigenvalue weighted by Crippen LogP contribution is -2.34. The van der Waals surface area contributed by atoms with E-state index in [9.17, 15) is 0 Å². The van der Waals surface area contributed by atoms with E-state index in [1.54, 1.807) is 7.11 Å². The lowest BCUT2D eigenvalue weighted by atomic mass is 10.0. The molecule has 2 rings (SSSR count). The van der Waals surface area contributed by atoms with E-state index >= 15 is 0 Å². The Morgan fingerprint density at radius 2 is 2.30 bits per heavy atom. The van der Waals surface area contributed by atoms with E-state index in [-0.39, 0.29) is 6.10 Å². The Bertz CT molecular complexity index is 451. The summed E-state index contributed by atoms with van der Waals surface area (Å²) in [6, 6.07) is 4.28. The van der Waals surface area contributed by atoms with Crippen molar-refractivity contribution in [3.8, 4) is 5.75 Å². The van der Waals surface area contributed by atoms with Gasteiger partial charge in [-0.3, -0.25) is 5.84 Å². The van der Waals surface area contributed by atoms with Crippen LogP contribution >= 0.6 is 0 Å². The van der Waals surface area contributed by atoms with E-state index in [1.807, 2.05) is 5.01 Å². The highest BCUT2D eigenvalue weighted by atomic mass is 16.5. The minimum atomic E-state index is 0.0809. The second-order valence-electron chi connectivity index (χ2n) is 5.23. The zero-order valence-electron chi connectivity index (χ0n) is 12.6. The van der Waals surface area contributed by atoms with Gasteiger partial charge in [-0.15, -0.1) is 0 Å². The van der Waals surface area contributed by atoms with Crippen molar-refractivity contribution in [2.24, 2.45) is 5.84 Å². The summed E-state index contributed by atoms with van der Waals surface area (Å²) in [4.78, 5) is 0. The third kappa shape index (κ3) is 3.62. The Labute approximate surface area is 121 Å². The smallest absolute Gasteiger partial charge is 0.143 e. The number of aryl methyl sites for hydroxylation is 1. The summed E-state index contributed by atoms with van der Waals surface area (Å²) in [5, 5.41) is 5.25. The zero-order chi connectivity index (χ0) is 14.5. The maximum absolute atomic E-state index is 5.93. The van der Waals surface area contributed by atoms with Gasteiger partial charge in [-0.1, -0.05) is 6.92 Å². The van der Waals surface area contributed by atoms with Gasteiger partial charge in [0.1, 0.15) is 11.9 Å². The number of rotatable bonds is 6. The Morgan fingerprint density at radius 3 is 3.00 bits per heavy atom. The van der Waals surface area contributed by atoms with Gasteiger partial charge < -0.3 is 14.8 Å². The molecule has 112 valence electrons. The van der Waals surface area contributed by atoms with Crippen molar-refractivity contribution in [3.63, 3.8) is 0 Å². The van der Waals surface area contributed by atoms with Crippen LogP contribution in [0.25, 0.3) is 0 Å². The number of likely N-dealkylation sites (N-methyl/N-ethyl adjacent to an activating group) is 1. The van der Waals surface area contributed by atoms with E-state index in [2.05, 4.69) is 31.3 Å². The average molecular weight is 279 g/mol. The number of benzene rings is 1. The standard InChI is InChI=1S/C15H25N3O2/c1-4-18(16)6-5-12-8-14-15(7-11(12)2)20-13(9-17-14)10-19-3/h7-8,13,17H,4-6,9-10,16H2,1-3H3. The molecule has 0 aromatic heterocycles. The minimum Gasteiger partial charge on any atom is -0.484 e. The predicted octanol–water partition coefficient (Wildman–Crippen LogP) is 1.55. The average Bonchev–Trinajstić information content (AvgIpc) is 2.45. The topological polar surface area (TPSA) is 59.8 Å². The maximum atomic E-state index is 5.93. The van der Waals surface area contributed by atoms with Gasteiger partial charge in [-0.2, -0.15) is 0 Å². The normalized spacial score (nSPS) is 17.6. The quantitative estimate of drug-likeness (QED) is 0.611. The lowest BCUT2D eigenvalue weighted by molar-refractivity contribution is 0.0847. The van der Waals surface area contributed by atoms with Crippen molar-refractivity contribution in [3.05, 3.63) is 23.3 Å². The largest absolute Gasteiger partial charge is 0.484 e. The number of hydrogen-bond acceptors (Lipinski definition) is 5. The molecule has 1 heterocycles. The molecule has 0 bridgehead atoms. The van der Waals surface area contributed by atoms with Gasteiger partial charge in [-0.25, -0.2) is 5.01 Å². The highest BCUT2D eigenvalue weighted by Crippen LogP contribution is 2.32. The molecule has 1 aliphatic heterocycles. The molecule has 1 aliphatic rings. The van der Waals surface area contributed by atoms with Crippen LogP contribution in [0.4, 0.5) is 5.69 Å². The van der Waals surface area contributed by atoms with E-state index < -0.39 is 0 Å². The second-order valence-corrected chi connectivity index (χ2v) is 5.23. The summed E-state index contributed by atoms with van der Waals surface area (Å²) in [5.41, 5.74) is 3.63. The molecule has 0 radical (unpaired) electrons. The van der Waals surface area contributed by atoms with Crippen LogP contribution in [0.3, 0.4) is 0 Å². The van der Waals surface area contributed by atoms with E-state index in [0.29, 0.717) is 6.61 Å². The molecular weight excluding hydrogens is 254 g/mol. The zero-order valence-corrected chi connectivity index (χ0v) is 12.6. The summed E-state index contributed by atoms with van der Waals surface area (Å²) in [7, 11) is 1.69. The maximum Gasteiger partial charge on any atom is 0.143 e. The molecule has 1 unspecified atom stereocenters. The first-order chi connectivity index (χ1) is 9.63. The summed E-state index contributed by atoms with van der Waals surface area (Å²) < 4.78 is 11.1. The van der Waals surface area contributed by atoms with Crippen LogP contribution in [0.5, 0.6) is 5.75 Å². The van der Waals surface area contributed by atoms with Crippen molar-refractivity contribution in [2.45, 2.75) is 26.4 Å². The monoisotopic (exact) mass is 279 g/mol. The van der Waals surface area contributed by atoms with E-state index in [4.69, 9.17) is 15.3 Å². The van der Waals surface area contributed by atoms with Crippen LogP contribution in [-0.2, 0) is 11.2 Å². The molecule has 1 atom stereocenters. The van der Waals surface area contributed by atoms with Crippen LogP contribution in [-0.4, -0.2) is 44.5 Å². The summed E-state index contributed by atoms with van der Waals surface area (Å²) in [5.74, 6) is 6.76. The number of anilines is 1. The van der Waals surface area contributed by atoms with E-state index in [1.165, 1.54) is 11.1 Å². The third-order valence-corrected chi connectivity index (χ3v) is 3.68. The number of methoxy groups -OCH3 is 1. The highest BCUT2D eigenvalue weighted by molar-refractivity contribution is 5.61. The highest BCUT2D eigenvalue weighted by Gasteiger charge is 2.20. The second kappa shape index (κ2) is 6.92. The molecule has 0 saturated carbocycles. The fourth-order valence-corrected chi connectivity index (χ4v) is 2.38. The van der Waals surface area contributed by atoms with Gasteiger partial charge in [0.15, 0.2) is 0 Å². The van der Waals surface area contributed by atoms with Crippen LogP contribution in [0.15, 0.2) is 12.1 Å². The van der Waals surface area contributed by atoms with Crippen molar-refractivity contribution in [1.82, 2.24) is 5.01 Å². The fourth-order valence-electron chi connectivity index (χ4n) is 2.38. The number of nitrogens with two attached hydrogens (primary N) is 1. The predicted molar refractivity (Wildman–Crippen MR) is 81.1 cm³/mol. The molecule has 1 aromatic carbocycles. The summed E-state index contributed by atoms with van der Waals surface area (Å²) in [6.07, 6.45) is 1.03. The van der Waals surface area contributed by atoms with Gasteiger partial charge in [-0.05, 0) is 36.6 Å². The molecule has 5 nitrogen and oxygen atoms in total. The van der Waals surface area contributed by atoms with Gasteiger partial charge in [0.25, 0.3) is 0 Å². The van der Waals surface area contributed by atoms with Crippen LogP contribution in [0.1, 0.15) is 18.1 Å². The Morgan fingerprint density at radius 1 is 1.50 bits per heavy atom. The molecule has 3 N–H and O–H groups in total. The first-order valence-electron chi connectivity index (χ1n) is 7.16. The molecule has 0 aliphatic carbocycles. The fraction of sp³-hybridized carbons (Fsp3) is 0.600. The number of fused-ring (bicyclic) bond motifs is 1. The van der Waals surface area contributed by atoms with Gasteiger partial charge >= 0.3 is 0 Å². The third-order valence-electron chi connectivity index (χ3n) is 3.68. The number of nitrogens with zero attached hydrogens (tertiary/aromatic N) is 1. The van der Waals surface area contributed by atoms with Gasteiger partial charge in [0.05, 0.1) is 18.8 Å². The molecule has 20 heavy (non-hydrogen) atoms. The van der Waals surface area contributed by atoms with Crippen molar-refractivity contribution >= 4 is 5.69 Å². The molecule has 0 spiro atoms. The lowest BCUT2D eigenvalue weighted by Gasteiger charge is -2.28. The minimum absolute atomic E-state index is 0.0809. The van der Waals surface area contributed by atoms with Crippen LogP contribution in [0, 0.1) is 6.92 Å². The Balaban J connectivity index is 2.07. The number of nitrogens with one attached hydrogen (secondary N) is 1. The van der Waals surface area contributed by atoms with Crippen molar-refractivity contribution in [2.75, 3.05) is 38.7 Å². The number of ether oxygens (including phenoxy) is 2. The van der Waals surface area contributed by atoms with Crippen molar-refractivity contribution < 1.29 is 9.47 Å². The van der Waals surface area contributed by atoms with Crippen molar-refractivity contribution in [1.29, 1.82) is 0 Å². The molecule has 1 aromatic rings. The molecule has 0 saturated heterocycles. The first-order valence-corrected chi connectivity index (χ1v) is 7.16. The SMILES string of the molecule is CCN(N)CCc1cc2c(cc1C)OC(COC)CN2. The molecular formula is C15H25N3O2. The van der Waals surface area contributed by atoms with E-state index in [0.717, 1.165) is 37.5 Å². The van der Waals surface area contributed by atoms with Crippen LogP contribution in [0.2, 0.25) is 0 Å². The van der Waals surface area contributed by atoms with Gasteiger partial charge in [0.2, 0.25) is 0 Å². The molecule has 5 heteroatoms. The Hall–Kier alpha value is -1.30. The van der Waals surface area contributed by atoms with Crippen LogP contribution < -0.4 is 15.9 Å². The Kier molecular flexibility index (Phi) is 5.23. The summed E-state index contributed by atoms with van der Waals surface area (Å²) in [6.45, 7) is 7.29. The molecule has 0 amide bonds. The van der Waals surface area contributed by atoms with Gasteiger partial charge in [0, 0.05) is 20.2 Å². The first kappa shape index (κ1) is 15.1.